The van der Waals surface area contributed by atoms with Crippen molar-refractivity contribution in [2.75, 3.05) is 24.2 Å². The summed E-state index contributed by atoms with van der Waals surface area (Å²) in [5.41, 5.74) is 2.53. The summed E-state index contributed by atoms with van der Waals surface area (Å²) in [5.74, 6) is -0.493. The standard InChI is InChI=1S/C20H21BrN4O2/c1-13-10-16(21)8-9-17(13)23-19(26)12-25(3)14(2)20(27)24-18-7-5-4-6-15(18)11-22/h4-10,14H,12H2,1-3H3,(H,23,26)(H,24,27). The molecule has 2 amide bonds. The number of nitrogens with one attached hydrogen (secondary N) is 2. The Labute approximate surface area is 167 Å². The van der Waals surface area contributed by atoms with Crippen molar-refractivity contribution >= 4 is 39.1 Å². The molecule has 27 heavy (non-hydrogen) atoms. The second-order valence-corrected chi connectivity index (χ2v) is 7.16. The molecule has 2 aromatic rings. The van der Waals surface area contributed by atoms with Crippen LogP contribution >= 0.6 is 15.9 Å². The van der Waals surface area contributed by atoms with Crippen LogP contribution in [0.25, 0.3) is 0 Å². The maximum atomic E-state index is 12.5. The average molecular weight is 429 g/mol. The van der Waals surface area contributed by atoms with Crippen LogP contribution < -0.4 is 10.6 Å². The summed E-state index contributed by atoms with van der Waals surface area (Å²) in [6.07, 6.45) is 0. The Hall–Kier alpha value is -2.69. The Morgan fingerprint density at radius 3 is 2.56 bits per heavy atom. The highest BCUT2D eigenvalue weighted by Crippen LogP contribution is 2.20. The van der Waals surface area contributed by atoms with Crippen LogP contribution in [0.4, 0.5) is 11.4 Å². The lowest BCUT2D eigenvalue weighted by molar-refractivity contribution is -0.122. The summed E-state index contributed by atoms with van der Waals surface area (Å²) in [7, 11) is 1.70. The molecule has 0 saturated heterocycles. The normalized spacial score (nSPS) is 11.6. The molecule has 0 fully saturated rings. The van der Waals surface area contributed by atoms with Crippen LogP contribution in [0.2, 0.25) is 0 Å². The predicted octanol–water partition coefficient (Wildman–Crippen LogP) is 3.53. The third-order valence-electron chi connectivity index (χ3n) is 4.20. The first-order chi connectivity index (χ1) is 12.8. The highest BCUT2D eigenvalue weighted by Gasteiger charge is 2.21. The molecular formula is C20H21BrN4O2. The van der Waals surface area contributed by atoms with Crippen molar-refractivity contribution in [2.45, 2.75) is 19.9 Å². The van der Waals surface area contributed by atoms with E-state index in [1.165, 1.54) is 0 Å². The van der Waals surface area contributed by atoms with Crippen LogP contribution in [0, 0.1) is 18.3 Å². The van der Waals surface area contributed by atoms with Crippen molar-refractivity contribution < 1.29 is 9.59 Å². The van der Waals surface area contributed by atoms with Gasteiger partial charge in [0.2, 0.25) is 11.8 Å². The molecule has 0 bridgehead atoms. The number of halogens is 1. The Kier molecular flexibility index (Phi) is 7.11. The van der Waals surface area contributed by atoms with Crippen molar-refractivity contribution in [2.24, 2.45) is 0 Å². The van der Waals surface area contributed by atoms with E-state index in [1.807, 2.05) is 31.2 Å². The van der Waals surface area contributed by atoms with Gasteiger partial charge in [0, 0.05) is 10.2 Å². The van der Waals surface area contributed by atoms with Crippen LogP contribution in [-0.2, 0) is 9.59 Å². The minimum atomic E-state index is -0.548. The van der Waals surface area contributed by atoms with Crippen molar-refractivity contribution in [1.82, 2.24) is 4.90 Å². The van der Waals surface area contributed by atoms with Gasteiger partial charge in [-0.15, -0.1) is 0 Å². The molecule has 0 heterocycles. The minimum absolute atomic E-state index is 0.0595. The Morgan fingerprint density at radius 2 is 1.89 bits per heavy atom. The molecule has 0 saturated carbocycles. The second kappa shape index (κ2) is 9.31. The van der Waals surface area contributed by atoms with Crippen molar-refractivity contribution in [3.05, 3.63) is 58.1 Å². The van der Waals surface area contributed by atoms with E-state index in [4.69, 9.17) is 5.26 Å². The SMILES string of the molecule is Cc1cc(Br)ccc1NC(=O)CN(C)C(C)C(=O)Nc1ccccc1C#N. The van der Waals surface area contributed by atoms with Gasteiger partial charge in [0.05, 0.1) is 23.8 Å². The zero-order valence-electron chi connectivity index (χ0n) is 15.4. The largest absolute Gasteiger partial charge is 0.325 e. The summed E-state index contributed by atoms with van der Waals surface area (Å²) in [4.78, 5) is 26.4. The molecule has 1 atom stereocenters. The molecule has 2 aromatic carbocycles. The fraction of sp³-hybridized carbons (Fsp3) is 0.250. The van der Waals surface area contributed by atoms with Crippen LogP contribution in [0.5, 0.6) is 0 Å². The third kappa shape index (κ3) is 5.64. The molecule has 0 aliphatic heterocycles. The fourth-order valence-corrected chi connectivity index (χ4v) is 2.92. The molecule has 7 heteroatoms. The highest BCUT2D eigenvalue weighted by molar-refractivity contribution is 9.10. The third-order valence-corrected chi connectivity index (χ3v) is 4.69. The molecule has 0 aromatic heterocycles. The lowest BCUT2D eigenvalue weighted by Crippen LogP contribution is -2.43. The van der Waals surface area contributed by atoms with Gasteiger partial charge >= 0.3 is 0 Å². The number of anilines is 2. The number of rotatable bonds is 6. The van der Waals surface area contributed by atoms with Gasteiger partial charge in [-0.25, -0.2) is 0 Å². The number of nitrogens with zero attached hydrogens (tertiary/aromatic N) is 2. The number of aryl methyl sites for hydroxylation is 1. The molecule has 2 N–H and O–H groups in total. The van der Waals surface area contributed by atoms with Gasteiger partial charge in [-0.1, -0.05) is 28.1 Å². The van der Waals surface area contributed by atoms with Gasteiger partial charge < -0.3 is 10.6 Å². The molecule has 0 radical (unpaired) electrons. The number of para-hydroxylation sites is 1. The maximum absolute atomic E-state index is 12.5. The maximum Gasteiger partial charge on any atom is 0.241 e. The average Bonchev–Trinajstić information content (AvgIpc) is 2.63. The van der Waals surface area contributed by atoms with E-state index in [2.05, 4.69) is 26.6 Å². The molecule has 0 aliphatic rings. The smallest absolute Gasteiger partial charge is 0.241 e. The molecule has 0 spiro atoms. The zero-order valence-corrected chi connectivity index (χ0v) is 17.0. The zero-order chi connectivity index (χ0) is 20.0. The van der Waals surface area contributed by atoms with Crippen LogP contribution in [0.15, 0.2) is 46.9 Å². The lowest BCUT2D eigenvalue weighted by atomic mass is 10.2. The number of carbonyl (C=O) groups excluding carboxylic acids is 2. The lowest BCUT2D eigenvalue weighted by Gasteiger charge is -2.23. The molecule has 2 rings (SSSR count). The van der Waals surface area contributed by atoms with E-state index >= 15 is 0 Å². The second-order valence-electron chi connectivity index (χ2n) is 6.25. The van der Waals surface area contributed by atoms with E-state index in [9.17, 15) is 9.59 Å². The van der Waals surface area contributed by atoms with Crippen LogP contribution in [0.3, 0.4) is 0 Å². The van der Waals surface area contributed by atoms with Crippen molar-refractivity contribution in [3.63, 3.8) is 0 Å². The number of carbonyl (C=O) groups is 2. The van der Waals surface area contributed by atoms with E-state index in [0.717, 1.165) is 15.7 Å². The number of nitriles is 1. The van der Waals surface area contributed by atoms with Gasteiger partial charge in [-0.05, 0) is 56.8 Å². The summed E-state index contributed by atoms with van der Waals surface area (Å²) in [6, 6.07) is 13.9. The number of likely N-dealkylation sites (N-methyl/N-ethyl adjacent to an activating group) is 1. The quantitative estimate of drug-likeness (QED) is 0.736. The minimum Gasteiger partial charge on any atom is -0.325 e. The predicted molar refractivity (Wildman–Crippen MR) is 109 cm³/mol. The topological polar surface area (TPSA) is 85.2 Å². The highest BCUT2D eigenvalue weighted by atomic mass is 79.9. The van der Waals surface area contributed by atoms with Gasteiger partial charge in [0.25, 0.3) is 0 Å². The fourth-order valence-electron chi connectivity index (χ4n) is 2.45. The van der Waals surface area contributed by atoms with Crippen molar-refractivity contribution in [1.29, 1.82) is 5.26 Å². The van der Waals surface area contributed by atoms with Crippen molar-refractivity contribution in [3.8, 4) is 6.07 Å². The number of hydrogen-bond donors (Lipinski definition) is 2. The first-order valence-electron chi connectivity index (χ1n) is 8.38. The van der Waals surface area contributed by atoms with Gasteiger partial charge in [0.1, 0.15) is 6.07 Å². The van der Waals surface area contributed by atoms with E-state index in [0.29, 0.717) is 11.3 Å². The first-order valence-corrected chi connectivity index (χ1v) is 9.17. The molecule has 0 aliphatic carbocycles. The molecule has 140 valence electrons. The van der Waals surface area contributed by atoms with E-state index in [-0.39, 0.29) is 18.4 Å². The summed E-state index contributed by atoms with van der Waals surface area (Å²) in [6.45, 7) is 3.68. The Balaban J connectivity index is 1.95. The van der Waals surface area contributed by atoms with Crippen LogP contribution in [-0.4, -0.2) is 36.3 Å². The van der Waals surface area contributed by atoms with Gasteiger partial charge in [-0.2, -0.15) is 5.26 Å². The molecule has 6 nitrogen and oxygen atoms in total. The van der Waals surface area contributed by atoms with E-state index in [1.54, 1.807) is 43.1 Å². The Bertz CT molecular complexity index is 892. The summed E-state index contributed by atoms with van der Waals surface area (Å²) < 4.78 is 0.943. The number of amides is 2. The molecule has 1 unspecified atom stereocenters. The summed E-state index contributed by atoms with van der Waals surface area (Å²) in [5, 5.41) is 14.7. The van der Waals surface area contributed by atoms with Gasteiger partial charge in [-0.3, -0.25) is 14.5 Å². The molecular weight excluding hydrogens is 408 g/mol. The monoisotopic (exact) mass is 428 g/mol. The Morgan fingerprint density at radius 1 is 1.19 bits per heavy atom. The van der Waals surface area contributed by atoms with Gasteiger partial charge in [0.15, 0.2) is 0 Å². The van der Waals surface area contributed by atoms with E-state index < -0.39 is 6.04 Å². The first kappa shape index (κ1) is 20.6. The van der Waals surface area contributed by atoms with Crippen LogP contribution in [0.1, 0.15) is 18.1 Å². The number of benzene rings is 2. The number of hydrogen-bond acceptors (Lipinski definition) is 4. The summed E-state index contributed by atoms with van der Waals surface area (Å²) >= 11 is 3.39.